The molecule has 0 N–H and O–H groups in total. The van der Waals surface area contributed by atoms with E-state index in [9.17, 15) is 26.3 Å². The average molecular weight is 513 g/mol. The predicted octanol–water partition coefficient (Wildman–Crippen LogP) is 4.29. The minimum atomic E-state index is -5.08. The summed E-state index contributed by atoms with van der Waals surface area (Å²) in [6, 6.07) is 0. The molecule has 0 radical (unpaired) electrons. The van der Waals surface area contributed by atoms with Gasteiger partial charge >= 0.3 is 43.7 Å². The SMILES string of the molecule is CCCCCC[N+](C)(C)CC.O=[S-](=O)C(F)(F)F.O=[S-](=O)C(F)(F)F.[Y+3]. The number of hydrogen-bond donors (Lipinski definition) is 0. The van der Waals surface area contributed by atoms with E-state index < -0.39 is 32.4 Å². The first-order valence-corrected chi connectivity index (χ1v) is 9.30. The summed E-state index contributed by atoms with van der Waals surface area (Å²) in [5.74, 6) is 0. The van der Waals surface area contributed by atoms with Crippen molar-refractivity contribution in [1.82, 2.24) is 0 Å². The van der Waals surface area contributed by atoms with Gasteiger partial charge in [-0.3, -0.25) is 0 Å². The molecular formula is C12H24F6NO4S2Y+2. The van der Waals surface area contributed by atoms with E-state index in [2.05, 4.69) is 27.9 Å². The van der Waals surface area contributed by atoms with Crippen LogP contribution >= 0.6 is 0 Å². The molecule has 0 saturated carbocycles. The molecule has 0 rings (SSSR count). The third kappa shape index (κ3) is 26.8. The number of halogens is 6. The van der Waals surface area contributed by atoms with Gasteiger partial charge in [-0.15, -0.1) is 0 Å². The second-order valence-electron chi connectivity index (χ2n) is 5.40. The van der Waals surface area contributed by atoms with Gasteiger partial charge in [-0.2, -0.15) is 26.3 Å². The summed E-state index contributed by atoms with van der Waals surface area (Å²) in [5.41, 5.74) is -10.2. The maximum atomic E-state index is 10.6. The first kappa shape index (κ1) is 34.1. The van der Waals surface area contributed by atoms with Gasteiger partial charge in [0.25, 0.3) is 0 Å². The van der Waals surface area contributed by atoms with Gasteiger partial charge in [0.15, 0.2) is 0 Å². The van der Waals surface area contributed by atoms with Gasteiger partial charge in [0.1, 0.15) is 0 Å². The molecule has 0 aromatic carbocycles. The molecule has 0 heterocycles. The van der Waals surface area contributed by atoms with Crippen molar-refractivity contribution in [3.8, 4) is 0 Å². The van der Waals surface area contributed by atoms with Crippen LogP contribution in [-0.2, 0) is 71.0 Å². The third-order valence-electron chi connectivity index (χ3n) is 2.85. The summed E-state index contributed by atoms with van der Waals surface area (Å²) in [4.78, 5) is 0. The van der Waals surface area contributed by atoms with Crippen molar-refractivity contribution in [2.24, 2.45) is 0 Å². The molecule has 0 bridgehead atoms. The second kappa shape index (κ2) is 16.5. The molecule has 26 heavy (non-hydrogen) atoms. The van der Waals surface area contributed by atoms with Gasteiger partial charge in [-0.05, 0) is 19.8 Å². The van der Waals surface area contributed by atoms with Gasteiger partial charge in [0, 0.05) is 21.4 Å². The summed E-state index contributed by atoms with van der Waals surface area (Å²) in [5, 5.41) is 0. The van der Waals surface area contributed by atoms with Crippen LogP contribution in [-0.4, -0.2) is 42.7 Å². The van der Waals surface area contributed by atoms with E-state index in [1.54, 1.807) is 0 Å². The van der Waals surface area contributed by atoms with Crippen molar-refractivity contribution >= 4 is 21.4 Å². The molecule has 0 atom stereocenters. The maximum absolute atomic E-state index is 10.6. The quantitative estimate of drug-likeness (QED) is 0.230. The number of hydrogen-bond acceptors (Lipinski definition) is 6. The Hall–Kier alpha value is 0.544. The van der Waals surface area contributed by atoms with Crippen molar-refractivity contribution in [2.75, 3.05) is 27.2 Å². The van der Waals surface area contributed by atoms with Gasteiger partial charge in [0.05, 0.1) is 27.2 Å². The Morgan fingerprint density at radius 3 is 1.23 bits per heavy atom. The van der Waals surface area contributed by atoms with Crippen LogP contribution in [0.5, 0.6) is 0 Å². The van der Waals surface area contributed by atoms with E-state index in [1.807, 2.05) is 0 Å². The smallest absolute Gasteiger partial charge is 0.416 e. The Kier molecular flexibility index (Phi) is 21.6. The largest absolute Gasteiger partial charge is 3.00 e. The zero-order chi connectivity index (χ0) is 20.9. The van der Waals surface area contributed by atoms with Gasteiger partial charge in [-0.25, -0.2) is 0 Å². The second-order valence-corrected chi connectivity index (χ2v) is 7.26. The van der Waals surface area contributed by atoms with E-state index in [4.69, 9.17) is 16.8 Å². The molecule has 14 heteroatoms. The molecule has 0 aliphatic heterocycles. The van der Waals surface area contributed by atoms with E-state index in [0.717, 1.165) is 0 Å². The van der Waals surface area contributed by atoms with Crippen LogP contribution in [0, 0.1) is 0 Å². The number of rotatable bonds is 6. The zero-order valence-corrected chi connectivity index (χ0v) is 19.5. The summed E-state index contributed by atoms with van der Waals surface area (Å²) in [6.07, 6.45) is 5.57. The average Bonchev–Trinajstić information content (AvgIpc) is 2.43. The molecule has 0 unspecified atom stereocenters. The molecule has 0 aromatic rings. The number of unbranched alkanes of at least 4 members (excludes halogenated alkanes) is 3. The molecule has 0 amide bonds. The van der Waals surface area contributed by atoms with Crippen LogP contribution in [0.1, 0.15) is 39.5 Å². The number of quaternary nitrogens is 1. The van der Waals surface area contributed by atoms with Crippen LogP contribution < -0.4 is 0 Å². The van der Waals surface area contributed by atoms with Crippen LogP contribution in [0.3, 0.4) is 0 Å². The number of nitrogens with zero attached hydrogens (tertiary/aromatic N) is 1. The van der Waals surface area contributed by atoms with Crippen molar-refractivity contribution in [3.63, 3.8) is 0 Å². The fourth-order valence-corrected chi connectivity index (χ4v) is 1.12. The normalized spacial score (nSPS) is 11.8. The van der Waals surface area contributed by atoms with E-state index in [1.165, 1.54) is 43.3 Å². The van der Waals surface area contributed by atoms with E-state index in [-0.39, 0.29) is 32.7 Å². The van der Waals surface area contributed by atoms with Crippen LogP contribution in [0.25, 0.3) is 0 Å². The summed E-state index contributed by atoms with van der Waals surface area (Å²) < 4.78 is 100. The Morgan fingerprint density at radius 2 is 1.04 bits per heavy atom. The summed E-state index contributed by atoms with van der Waals surface area (Å²) in [7, 11) is -3.24. The summed E-state index contributed by atoms with van der Waals surface area (Å²) >= 11 is 0. The minimum absolute atomic E-state index is 0. The molecule has 5 nitrogen and oxygen atoms in total. The molecule has 0 saturated heterocycles. The predicted molar refractivity (Wildman–Crippen MR) is 81.2 cm³/mol. The molecule has 0 fully saturated rings. The van der Waals surface area contributed by atoms with Gasteiger partial charge in [0.2, 0.25) is 0 Å². The third-order valence-corrected chi connectivity index (χ3v) is 3.61. The van der Waals surface area contributed by atoms with Gasteiger partial charge < -0.3 is 21.3 Å². The van der Waals surface area contributed by atoms with E-state index in [0.29, 0.717) is 0 Å². The Labute approximate surface area is 178 Å². The summed E-state index contributed by atoms with van der Waals surface area (Å²) in [6.45, 7) is 7.13. The van der Waals surface area contributed by atoms with Crippen molar-refractivity contribution in [2.45, 2.75) is 50.5 Å². The number of alkyl halides is 6. The van der Waals surface area contributed by atoms with Crippen molar-refractivity contribution in [3.05, 3.63) is 0 Å². The zero-order valence-electron chi connectivity index (χ0n) is 15.0. The fraction of sp³-hybridized carbons (Fsp3) is 1.00. The molecular weight excluding hydrogens is 489 g/mol. The minimum Gasteiger partial charge on any atom is -0.416 e. The molecule has 156 valence electrons. The first-order chi connectivity index (χ1) is 11.0. The van der Waals surface area contributed by atoms with E-state index >= 15 is 0 Å². The van der Waals surface area contributed by atoms with Crippen molar-refractivity contribution in [1.29, 1.82) is 0 Å². The molecule has 0 aromatic heterocycles. The Morgan fingerprint density at radius 1 is 0.731 bits per heavy atom. The standard InChI is InChI=1S/C10H24N.2CF3O2S.Y/c1-5-7-8-9-10-11(3,4)6-2;2*2-1(3,4)7(5)6;/h5-10H2,1-4H3;;;/q+1;2*-1;+3. The topological polar surface area (TPSA) is 68.3 Å². The van der Waals surface area contributed by atoms with Crippen molar-refractivity contribution < 1.29 is 80.4 Å². The Balaban J connectivity index is -0.000000143. The Bertz CT molecular complexity index is 443. The maximum Gasteiger partial charge on any atom is 3.00 e. The molecule has 0 aliphatic rings. The molecule has 0 aliphatic carbocycles. The fourth-order valence-electron chi connectivity index (χ4n) is 1.12. The molecule has 0 spiro atoms. The van der Waals surface area contributed by atoms with Crippen LogP contribution in [0.15, 0.2) is 0 Å². The first-order valence-electron chi connectivity index (χ1n) is 7.15. The monoisotopic (exact) mass is 513 g/mol. The van der Waals surface area contributed by atoms with Crippen LogP contribution in [0.4, 0.5) is 26.3 Å². The van der Waals surface area contributed by atoms with Crippen LogP contribution in [0.2, 0.25) is 0 Å². The van der Waals surface area contributed by atoms with Gasteiger partial charge in [-0.1, -0.05) is 19.8 Å².